The lowest BCUT2D eigenvalue weighted by Gasteiger charge is -2.36. The van der Waals surface area contributed by atoms with Crippen LogP contribution in [-0.2, 0) is 10.0 Å². The lowest BCUT2D eigenvalue weighted by Crippen LogP contribution is -2.51. The Morgan fingerprint density at radius 2 is 2.10 bits per heavy atom. The van der Waals surface area contributed by atoms with Gasteiger partial charge in [0.05, 0.1) is 0 Å². The Bertz CT molecular complexity index is 596. The van der Waals surface area contributed by atoms with Gasteiger partial charge in [-0.25, -0.2) is 12.8 Å². The lowest BCUT2D eigenvalue weighted by molar-refractivity contribution is 0.226. The molecule has 1 fully saturated rings. The summed E-state index contributed by atoms with van der Waals surface area (Å²) in [7, 11) is -3.88. The van der Waals surface area contributed by atoms with Crippen molar-refractivity contribution in [3.63, 3.8) is 0 Å². The zero-order chi connectivity index (χ0) is 14.9. The van der Waals surface area contributed by atoms with Crippen molar-refractivity contribution in [1.29, 1.82) is 0 Å². The molecule has 0 radical (unpaired) electrons. The fourth-order valence-electron chi connectivity index (χ4n) is 2.57. The van der Waals surface area contributed by atoms with Crippen molar-refractivity contribution in [3.8, 4) is 0 Å². The van der Waals surface area contributed by atoms with Crippen molar-refractivity contribution in [2.24, 2.45) is 5.73 Å². The minimum absolute atomic E-state index is 0. The second-order valence-electron chi connectivity index (χ2n) is 5.11. The molecule has 4 nitrogen and oxygen atoms in total. The zero-order valence-corrected chi connectivity index (χ0v) is 14.0. The minimum Gasteiger partial charge on any atom is -0.326 e. The highest BCUT2D eigenvalue weighted by Crippen LogP contribution is 2.28. The number of nitrogens with zero attached hydrogens (tertiary/aromatic N) is 1. The Labute approximate surface area is 135 Å². The second kappa shape index (κ2) is 7.24. The summed E-state index contributed by atoms with van der Waals surface area (Å²) in [6.45, 7) is 2.15. The SMILES string of the molecule is CC(N)C1CCCCN1S(=O)(=O)c1ccc(Cl)cc1F.Cl. The van der Waals surface area contributed by atoms with Gasteiger partial charge in [0.15, 0.2) is 0 Å². The molecule has 0 aliphatic carbocycles. The van der Waals surface area contributed by atoms with Gasteiger partial charge in [-0.05, 0) is 38.0 Å². The first-order valence-corrected chi connectivity index (χ1v) is 8.38. The number of sulfonamides is 1. The summed E-state index contributed by atoms with van der Waals surface area (Å²) >= 11 is 5.66. The van der Waals surface area contributed by atoms with E-state index in [9.17, 15) is 12.8 Å². The van der Waals surface area contributed by atoms with Crippen LogP contribution in [-0.4, -0.2) is 31.4 Å². The monoisotopic (exact) mass is 356 g/mol. The van der Waals surface area contributed by atoms with Crippen LogP contribution in [0.1, 0.15) is 26.2 Å². The quantitative estimate of drug-likeness (QED) is 0.905. The molecule has 2 rings (SSSR count). The highest BCUT2D eigenvalue weighted by molar-refractivity contribution is 7.89. The van der Waals surface area contributed by atoms with Crippen LogP contribution in [0.4, 0.5) is 4.39 Å². The fourth-order valence-corrected chi connectivity index (χ4v) is 4.55. The van der Waals surface area contributed by atoms with Crippen molar-refractivity contribution >= 4 is 34.0 Å². The summed E-state index contributed by atoms with van der Waals surface area (Å²) in [6, 6.07) is 3.02. The third kappa shape index (κ3) is 3.87. The predicted molar refractivity (Wildman–Crippen MR) is 83.8 cm³/mol. The van der Waals surface area contributed by atoms with Crippen LogP contribution < -0.4 is 5.73 Å². The van der Waals surface area contributed by atoms with Crippen LogP contribution in [0, 0.1) is 5.82 Å². The molecule has 0 spiro atoms. The van der Waals surface area contributed by atoms with E-state index < -0.39 is 15.8 Å². The molecule has 8 heteroatoms. The van der Waals surface area contributed by atoms with Crippen LogP contribution in [0.25, 0.3) is 0 Å². The van der Waals surface area contributed by atoms with Gasteiger partial charge in [-0.2, -0.15) is 4.31 Å². The number of piperidine rings is 1. The smallest absolute Gasteiger partial charge is 0.246 e. The summed E-state index contributed by atoms with van der Waals surface area (Å²) in [4.78, 5) is -0.338. The Morgan fingerprint density at radius 1 is 1.43 bits per heavy atom. The summed E-state index contributed by atoms with van der Waals surface area (Å²) in [6.07, 6.45) is 2.39. The van der Waals surface area contributed by atoms with Crippen molar-refractivity contribution in [1.82, 2.24) is 4.31 Å². The van der Waals surface area contributed by atoms with Gasteiger partial charge in [-0.1, -0.05) is 18.0 Å². The van der Waals surface area contributed by atoms with Gasteiger partial charge in [0.1, 0.15) is 10.7 Å². The molecule has 120 valence electrons. The standard InChI is InChI=1S/C13H18ClFN2O2S.ClH/c1-9(16)12-4-2-3-7-17(12)20(18,19)13-6-5-10(14)8-11(13)15;/h5-6,8-9,12H,2-4,7,16H2,1H3;1H. The predicted octanol–water partition coefficient (Wildman–Crippen LogP) is 2.79. The number of benzene rings is 1. The zero-order valence-electron chi connectivity index (χ0n) is 11.6. The molecule has 1 saturated heterocycles. The average Bonchev–Trinajstić information content (AvgIpc) is 2.38. The molecule has 0 bridgehead atoms. The fraction of sp³-hybridized carbons (Fsp3) is 0.538. The Balaban J connectivity index is 0.00000220. The number of hydrogen-bond acceptors (Lipinski definition) is 3. The van der Waals surface area contributed by atoms with Gasteiger partial charge in [-0.3, -0.25) is 0 Å². The topological polar surface area (TPSA) is 63.4 Å². The number of nitrogens with two attached hydrogens (primary N) is 1. The largest absolute Gasteiger partial charge is 0.326 e. The molecule has 0 saturated carbocycles. The van der Waals surface area contributed by atoms with Gasteiger partial charge >= 0.3 is 0 Å². The Kier molecular flexibility index (Phi) is 6.43. The van der Waals surface area contributed by atoms with Crippen molar-refractivity contribution in [2.45, 2.75) is 43.2 Å². The van der Waals surface area contributed by atoms with E-state index in [0.717, 1.165) is 18.9 Å². The van der Waals surface area contributed by atoms with Crippen LogP contribution >= 0.6 is 24.0 Å². The third-order valence-corrected chi connectivity index (χ3v) is 5.78. The number of halogens is 3. The maximum absolute atomic E-state index is 13.9. The first kappa shape index (κ1) is 18.6. The van der Waals surface area contributed by atoms with Gasteiger partial charge in [0, 0.05) is 23.7 Å². The van der Waals surface area contributed by atoms with Gasteiger partial charge in [0.2, 0.25) is 10.0 Å². The van der Waals surface area contributed by atoms with Crippen LogP contribution in [0.2, 0.25) is 5.02 Å². The number of rotatable bonds is 3. The molecule has 2 N–H and O–H groups in total. The van der Waals surface area contributed by atoms with E-state index in [2.05, 4.69) is 0 Å². The Hall–Kier alpha value is -0.400. The molecule has 1 aliphatic rings. The summed E-state index contributed by atoms with van der Waals surface area (Å²) in [5.74, 6) is -0.827. The summed E-state index contributed by atoms with van der Waals surface area (Å²) in [5, 5.41) is 0.170. The van der Waals surface area contributed by atoms with Crippen molar-refractivity contribution in [3.05, 3.63) is 29.0 Å². The first-order chi connectivity index (χ1) is 9.34. The lowest BCUT2D eigenvalue weighted by atomic mass is 10.00. The maximum atomic E-state index is 13.9. The molecule has 2 atom stereocenters. The molecular weight excluding hydrogens is 338 g/mol. The van der Waals surface area contributed by atoms with E-state index in [1.54, 1.807) is 6.92 Å². The van der Waals surface area contributed by atoms with Crippen molar-refractivity contribution < 1.29 is 12.8 Å². The normalized spacial score (nSPS) is 21.6. The molecule has 2 unspecified atom stereocenters. The number of hydrogen-bond donors (Lipinski definition) is 1. The molecular formula is C13H19Cl2FN2O2S. The van der Waals surface area contributed by atoms with Gasteiger partial charge in [-0.15, -0.1) is 12.4 Å². The van der Waals surface area contributed by atoms with Crippen LogP contribution in [0.3, 0.4) is 0 Å². The summed E-state index contributed by atoms with van der Waals surface area (Å²) in [5.41, 5.74) is 5.87. The molecule has 1 aliphatic heterocycles. The molecule has 0 amide bonds. The molecule has 1 aromatic rings. The summed E-state index contributed by atoms with van der Waals surface area (Å²) < 4.78 is 40.5. The molecule has 1 heterocycles. The van der Waals surface area contributed by atoms with Crippen molar-refractivity contribution in [2.75, 3.05) is 6.54 Å². The third-order valence-electron chi connectivity index (χ3n) is 3.59. The maximum Gasteiger partial charge on any atom is 0.246 e. The average molecular weight is 357 g/mol. The van der Waals surface area contributed by atoms with E-state index in [1.165, 1.54) is 16.4 Å². The highest BCUT2D eigenvalue weighted by atomic mass is 35.5. The van der Waals surface area contributed by atoms with E-state index in [4.69, 9.17) is 17.3 Å². The molecule has 1 aromatic carbocycles. The first-order valence-electron chi connectivity index (χ1n) is 6.56. The van der Waals surface area contributed by atoms with E-state index in [-0.39, 0.29) is 34.4 Å². The van der Waals surface area contributed by atoms with Gasteiger partial charge < -0.3 is 5.73 Å². The minimum atomic E-state index is -3.88. The van der Waals surface area contributed by atoms with Gasteiger partial charge in [0.25, 0.3) is 0 Å². The van der Waals surface area contributed by atoms with E-state index in [1.807, 2.05) is 0 Å². The Morgan fingerprint density at radius 3 is 2.67 bits per heavy atom. The van der Waals surface area contributed by atoms with E-state index >= 15 is 0 Å². The van der Waals surface area contributed by atoms with Crippen LogP contribution in [0.5, 0.6) is 0 Å². The highest BCUT2D eigenvalue weighted by Gasteiger charge is 2.36. The molecule has 21 heavy (non-hydrogen) atoms. The van der Waals surface area contributed by atoms with Crippen LogP contribution in [0.15, 0.2) is 23.1 Å². The second-order valence-corrected chi connectivity index (χ2v) is 7.41. The molecule has 0 aromatic heterocycles. The van der Waals surface area contributed by atoms with E-state index in [0.29, 0.717) is 13.0 Å².